The van der Waals surface area contributed by atoms with Crippen LogP contribution in [0.2, 0.25) is 0 Å². The third kappa shape index (κ3) is 5.85. The summed E-state index contributed by atoms with van der Waals surface area (Å²) in [7, 11) is -3.71. The van der Waals surface area contributed by atoms with E-state index < -0.39 is 34.7 Å². The van der Waals surface area contributed by atoms with E-state index in [9.17, 15) is 13.5 Å². The molecule has 3 rings (SSSR count). The minimum Gasteiger partial charge on any atom is -0.390 e. The van der Waals surface area contributed by atoms with Crippen LogP contribution in [0.5, 0.6) is 0 Å². The standard InChI is InChI=1S/C20H24O6S/c1-27(22,23)26-18-14-24-20(16-10-6-3-7-11-16)25-19(18)17(21)13-12-15-8-4-2-5-9-15/h2-11,17-21H,12-14H2,1H3/t17-,18?,19?,20?/m1/s1. The van der Waals surface area contributed by atoms with Crippen molar-refractivity contribution in [3.05, 3.63) is 71.8 Å². The van der Waals surface area contributed by atoms with E-state index in [1.165, 1.54) is 0 Å². The normalized spacial score (nSPS) is 24.4. The molecule has 1 aliphatic rings. The molecule has 0 aliphatic carbocycles. The number of aliphatic hydroxyl groups excluding tert-OH is 1. The summed E-state index contributed by atoms with van der Waals surface area (Å²) in [6.45, 7) is 0.0136. The van der Waals surface area contributed by atoms with E-state index in [1.807, 2.05) is 60.7 Å². The van der Waals surface area contributed by atoms with Crippen LogP contribution in [0.1, 0.15) is 23.8 Å². The summed E-state index contributed by atoms with van der Waals surface area (Å²) in [5, 5.41) is 10.7. The highest BCUT2D eigenvalue weighted by molar-refractivity contribution is 7.86. The van der Waals surface area contributed by atoms with Crippen LogP contribution < -0.4 is 0 Å². The number of aliphatic hydroxyl groups is 1. The van der Waals surface area contributed by atoms with Gasteiger partial charge >= 0.3 is 0 Å². The van der Waals surface area contributed by atoms with Gasteiger partial charge in [0.15, 0.2) is 6.29 Å². The Hall–Kier alpha value is -1.77. The first-order valence-electron chi connectivity index (χ1n) is 8.84. The average molecular weight is 392 g/mol. The molecule has 1 N–H and O–H groups in total. The lowest BCUT2D eigenvalue weighted by Crippen LogP contribution is -2.49. The first kappa shape index (κ1) is 20.0. The number of hydrogen-bond donors (Lipinski definition) is 1. The van der Waals surface area contributed by atoms with Crippen molar-refractivity contribution in [3.8, 4) is 0 Å². The van der Waals surface area contributed by atoms with Crippen LogP contribution in [0.15, 0.2) is 60.7 Å². The van der Waals surface area contributed by atoms with Gasteiger partial charge in [-0.3, -0.25) is 4.18 Å². The van der Waals surface area contributed by atoms with Crippen LogP contribution >= 0.6 is 0 Å². The summed E-state index contributed by atoms with van der Waals surface area (Å²) in [6.07, 6.45) is -1.25. The molecule has 146 valence electrons. The van der Waals surface area contributed by atoms with Gasteiger partial charge in [0.2, 0.25) is 0 Å². The van der Waals surface area contributed by atoms with Crippen molar-refractivity contribution < 1.29 is 27.2 Å². The molecule has 0 radical (unpaired) electrons. The molecule has 7 heteroatoms. The van der Waals surface area contributed by atoms with E-state index in [4.69, 9.17) is 13.7 Å². The molecule has 4 atom stereocenters. The van der Waals surface area contributed by atoms with Gasteiger partial charge in [0.25, 0.3) is 10.1 Å². The maximum Gasteiger partial charge on any atom is 0.264 e. The van der Waals surface area contributed by atoms with E-state index in [0.717, 1.165) is 17.4 Å². The summed E-state index contributed by atoms with van der Waals surface area (Å²) in [5.74, 6) is 0. The molecule has 0 saturated carbocycles. The lowest BCUT2D eigenvalue weighted by atomic mass is 9.99. The van der Waals surface area contributed by atoms with Gasteiger partial charge in [-0.2, -0.15) is 8.42 Å². The Morgan fingerprint density at radius 1 is 1.11 bits per heavy atom. The van der Waals surface area contributed by atoms with Crippen molar-refractivity contribution in [2.45, 2.75) is 37.4 Å². The Balaban J connectivity index is 1.72. The minimum absolute atomic E-state index is 0.0136. The molecule has 1 saturated heterocycles. The molecule has 0 bridgehead atoms. The predicted molar refractivity (Wildman–Crippen MR) is 100 cm³/mol. The fourth-order valence-corrected chi connectivity index (χ4v) is 3.71. The first-order valence-corrected chi connectivity index (χ1v) is 10.7. The molecule has 0 aromatic heterocycles. The first-order chi connectivity index (χ1) is 12.9. The topological polar surface area (TPSA) is 82.1 Å². The molecule has 1 fully saturated rings. The Morgan fingerprint density at radius 3 is 2.37 bits per heavy atom. The second-order valence-electron chi connectivity index (χ2n) is 6.61. The fraction of sp³-hybridized carbons (Fsp3) is 0.400. The summed E-state index contributed by atoms with van der Waals surface area (Å²) in [6, 6.07) is 19.1. The Kier molecular flexibility index (Phi) is 6.62. The summed E-state index contributed by atoms with van der Waals surface area (Å²) in [4.78, 5) is 0. The molecule has 1 aliphatic heterocycles. The van der Waals surface area contributed by atoms with Crippen LogP contribution in [0.4, 0.5) is 0 Å². The van der Waals surface area contributed by atoms with Crippen LogP contribution in [0, 0.1) is 0 Å². The molecule has 2 aromatic rings. The van der Waals surface area contributed by atoms with Gasteiger partial charge in [-0.15, -0.1) is 0 Å². The molecular formula is C20H24O6S. The highest BCUT2D eigenvalue weighted by Crippen LogP contribution is 2.30. The number of ether oxygens (including phenoxy) is 2. The molecule has 2 aromatic carbocycles. The monoisotopic (exact) mass is 392 g/mol. The van der Waals surface area contributed by atoms with Gasteiger partial charge in [-0.25, -0.2) is 0 Å². The SMILES string of the molecule is CS(=O)(=O)OC1COC(c2ccccc2)OC1[C@H](O)CCc1ccccc1. The van der Waals surface area contributed by atoms with Crippen LogP contribution in [-0.2, 0) is 30.2 Å². The van der Waals surface area contributed by atoms with Gasteiger partial charge in [-0.05, 0) is 18.4 Å². The van der Waals surface area contributed by atoms with Crippen molar-refractivity contribution >= 4 is 10.1 Å². The van der Waals surface area contributed by atoms with Gasteiger partial charge in [0.05, 0.1) is 19.0 Å². The number of benzene rings is 2. The van der Waals surface area contributed by atoms with Crippen LogP contribution in [-0.4, -0.2) is 44.7 Å². The number of hydrogen-bond acceptors (Lipinski definition) is 6. The molecule has 0 amide bonds. The van der Waals surface area contributed by atoms with Crippen molar-refractivity contribution in [1.82, 2.24) is 0 Å². The van der Waals surface area contributed by atoms with E-state index in [1.54, 1.807) is 0 Å². The predicted octanol–water partition coefficient (Wildman–Crippen LogP) is 2.44. The minimum atomic E-state index is -3.71. The van der Waals surface area contributed by atoms with Crippen molar-refractivity contribution in [2.24, 2.45) is 0 Å². The smallest absolute Gasteiger partial charge is 0.264 e. The fourth-order valence-electron chi connectivity index (χ4n) is 3.10. The van der Waals surface area contributed by atoms with Crippen molar-refractivity contribution in [3.63, 3.8) is 0 Å². The number of rotatable bonds is 7. The van der Waals surface area contributed by atoms with Gasteiger partial charge in [-0.1, -0.05) is 60.7 Å². The van der Waals surface area contributed by atoms with Crippen molar-refractivity contribution in [1.29, 1.82) is 0 Å². The van der Waals surface area contributed by atoms with Gasteiger partial charge in [0, 0.05) is 5.56 Å². The highest BCUT2D eigenvalue weighted by Gasteiger charge is 2.39. The third-order valence-corrected chi connectivity index (χ3v) is 4.98. The molecule has 0 spiro atoms. The molecule has 6 nitrogen and oxygen atoms in total. The molecule has 27 heavy (non-hydrogen) atoms. The maximum absolute atomic E-state index is 11.6. The second kappa shape index (κ2) is 8.95. The zero-order chi connectivity index (χ0) is 19.3. The lowest BCUT2D eigenvalue weighted by molar-refractivity contribution is -0.270. The zero-order valence-corrected chi connectivity index (χ0v) is 15.9. The zero-order valence-electron chi connectivity index (χ0n) is 15.1. The lowest BCUT2D eigenvalue weighted by Gasteiger charge is -2.38. The van der Waals surface area contributed by atoms with Gasteiger partial charge in [0.1, 0.15) is 12.2 Å². The van der Waals surface area contributed by atoms with E-state index >= 15 is 0 Å². The average Bonchev–Trinajstić information content (AvgIpc) is 2.67. The van der Waals surface area contributed by atoms with E-state index in [0.29, 0.717) is 12.8 Å². The quantitative estimate of drug-likeness (QED) is 0.729. The van der Waals surface area contributed by atoms with Crippen LogP contribution in [0.25, 0.3) is 0 Å². The van der Waals surface area contributed by atoms with Gasteiger partial charge < -0.3 is 14.6 Å². The van der Waals surface area contributed by atoms with E-state index in [-0.39, 0.29) is 6.61 Å². The summed E-state index contributed by atoms with van der Waals surface area (Å²) in [5.41, 5.74) is 1.89. The molecular weight excluding hydrogens is 368 g/mol. The van der Waals surface area contributed by atoms with Crippen LogP contribution in [0.3, 0.4) is 0 Å². The Labute approximate surface area is 159 Å². The Bertz CT molecular complexity index is 809. The Morgan fingerprint density at radius 2 is 1.74 bits per heavy atom. The molecule has 1 heterocycles. The molecule has 3 unspecified atom stereocenters. The summed E-state index contributed by atoms with van der Waals surface area (Å²) < 4.78 is 39.8. The largest absolute Gasteiger partial charge is 0.390 e. The number of aryl methyl sites for hydroxylation is 1. The summed E-state index contributed by atoms with van der Waals surface area (Å²) >= 11 is 0. The highest BCUT2D eigenvalue weighted by atomic mass is 32.2. The van der Waals surface area contributed by atoms with Crippen molar-refractivity contribution in [2.75, 3.05) is 12.9 Å². The third-order valence-electron chi connectivity index (χ3n) is 4.38. The second-order valence-corrected chi connectivity index (χ2v) is 8.21. The van der Waals surface area contributed by atoms with E-state index in [2.05, 4.69) is 0 Å². The maximum atomic E-state index is 11.6.